The first-order valence-corrected chi connectivity index (χ1v) is 10.1. The van der Waals surface area contributed by atoms with Crippen molar-refractivity contribution in [2.75, 3.05) is 18.5 Å². The van der Waals surface area contributed by atoms with Gasteiger partial charge in [0, 0.05) is 16.8 Å². The lowest BCUT2D eigenvalue weighted by molar-refractivity contribution is -0.118. The Balaban J connectivity index is 1.55. The Hall–Kier alpha value is -3.86. The van der Waals surface area contributed by atoms with Crippen molar-refractivity contribution >= 4 is 23.5 Å². The number of hydrogen-bond acceptors (Lipinski definition) is 4. The number of para-hydroxylation sites is 2. The topological polar surface area (TPSA) is 64.6 Å². The van der Waals surface area contributed by atoms with E-state index in [1.54, 1.807) is 30.3 Å². The van der Waals surface area contributed by atoms with Crippen LogP contribution in [-0.4, -0.2) is 24.9 Å². The number of rotatable bonds is 9. The number of aryl methyl sites for hydroxylation is 1. The maximum absolute atomic E-state index is 12.5. The number of allylic oxidation sites excluding steroid dienone is 1. The summed E-state index contributed by atoms with van der Waals surface area (Å²) in [5.74, 6) is 0.879. The lowest BCUT2D eigenvalue weighted by atomic mass is 10.1. The number of carbonyl (C=O) groups is 2. The zero-order valence-corrected chi connectivity index (χ0v) is 17.6. The molecule has 0 saturated heterocycles. The van der Waals surface area contributed by atoms with E-state index in [1.807, 2.05) is 62.4 Å². The molecule has 1 N–H and O–H groups in total. The first-order chi connectivity index (χ1) is 15.1. The van der Waals surface area contributed by atoms with Gasteiger partial charge in [-0.1, -0.05) is 36.4 Å². The summed E-state index contributed by atoms with van der Waals surface area (Å²) in [5, 5.41) is 2.82. The molecular weight excluding hydrogens is 390 g/mol. The summed E-state index contributed by atoms with van der Waals surface area (Å²) in [6, 6.07) is 21.8. The largest absolute Gasteiger partial charge is 0.493 e. The van der Waals surface area contributed by atoms with Crippen LogP contribution < -0.4 is 14.8 Å². The van der Waals surface area contributed by atoms with Crippen LogP contribution in [0.4, 0.5) is 5.69 Å². The predicted molar refractivity (Wildman–Crippen MR) is 123 cm³/mol. The van der Waals surface area contributed by atoms with E-state index < -0.39 is 0 Å². The van der Waals surface area contributed by atoms with Crippen molar-refractivity contribution < 1.29 is 19.1 Å². The molecule has 0 aliphatic carbocycles. The fraction of sp³-hybridized carbons (Fsp3) is 0.154. The number of benzene rings is 3. The van der Waals surface area contributed by atoms with Crippen LogP contribution in [0, 0.1) is 6.92 Å². The second kappa shape index (κ2) is 10.8. The quantitative estimate of drug-likeness (QED) is 0.380. The summed E-state index contributed by atoms with van der Waals surface area (Å²) in [6.45, 7) is 4.29. The molecule has 3 aromatic carbocycles. The van der Waals surface area contributed by atoms with Crippen molar-refractivity contribution in [3.8, 4) is 11.5 Å². The molecule has 0 saturated carbocycles. The van der Waals surface area contributed by atoms with Crippen LogP contribution in [0.2, 0.25) is 0 Å². The Morgan fingerprint density at radius 1 is 0.903 bits per heavy atom. The minimum Gasteiger partial charge on any atom is -0.493 e. The Bertz CT molecular complexity index is 1070. The van der Waals surface area contributed by atoms with Gasteiger partial charge in [-0.15, -0.1) is 0 Å². The van der Waals surface area contributed by atoms with E-state index in [9.17, 15) is 9.59 Å². The van der Waals surface area contributed by atoms with Crippen molar-refractivity contribution in [2.45, 2.75) is 13.8 Å². The summed E-state index contributed by atoms with van der Waals surface area (Å²) in [4.78, 5) is 24.6. The molecule has 0 fully saturated rings. The lowest BCUT2D eigenvalue weighted by Gasteiger charge is -2.09. The highest BCUT2D eigenvalue weighted by molar-refractivity contribution is 6.07. The molecule has 0 aromatic heterocycles. The molecule has 0 atom stereocenters. The van der Waals surface area contributed by atoms with Gasteiger partial charge in [0.25, 0.3) is 5.91 Å². The highest BCUT2D eigenvalue weighted by Gasteiger charge is 2.07. The van der Waals surface area contributed by atoms with Crippen molar-refractivity contribution in [3.63, 3.8) is 0 Å². The highest BCUT2D eigenvalue weighted by Crippen LogP contribution is 2.20. The number of nitrogens with one attached hydrogen (secondary N) is 1. The molecule has 5 nitrogen and oxygen atoms in total. The Morgan fingerprint density at radius 3 is 2.35 bits per heavy atom. The summed E-state index contributed by atoms with van der Waals surface area (Å²) in [6.07, 6.45) is 3.26. The number of ketones is 1. The van der Waals surface area contributed by atoms with Crippen molar-refractivity contribution in [2.24, 2.45) is 0 Å². The van der Waals surface area contributed by atoms with Gasteiger partial charge in [-0.25, -0.2) is 0 Å². The molecule has 31 heavy (non-hydrogen) atoms. The zero-order valence-electron chi connectivity index (χ0n) is 17.6. The average molecular weight is 415 g/mol. The van der Waals surface area contributed by atoms with Crippen molar-refractivity contribution in [3.05, 3.63) is 95.6 Å². The van der Waals surface area contributed by atoms with Crippen LogP contribution in [0.5, 0.6) is 11.5 Å². The molecule has 158 valence electrons. The summed E-state index contributed by atoms with van der Waals surface area (Å²) in [7, 11) is 0. The minimum atomic E-state index is -0.245. The standard InChI is InChI=1S/C26H25NO4/c1-3-30-25-11-7-5-9-21(25)14-17-24(28)20-12-15-22(16-13-20)31-18-26(29)27-23-10-6-4-8-19(23)2/h4-17H,3,18H2,1-2H3,(H,27,29)/b17-14+. The smallest absolute Gasteiger partial charge is 0.262 e. The number of hydrogen-bond donors (Lipinski definition) is 1. The molecule has 0 spiro atoms. The molecule has 1 amide bonds. The van der Waals surface area contributed by atoms with Crippen LogP contribution in [-0.2, 0) is 4.79 Å². The van der Waals surface area contributed by atoms with Crippen LogP contribution in [0.15, 0.2) is 78.9 Å². The third kappa shape index (κ3) is 6.31. The molecule has 0 aliphatic heterocycles. The van der Waals surface area contributed by atoms with E-state index in [4.69, 9.17) is 9.47 Å². The van der Waals surface area contributed by atoms with Crippen LogP contribution in [0.3, 0.4) is 0 Å². The van der Waals surface area contributed by atoms with Gasteiger partial charge in [0.15, 0.2) is 12.4 Å². The van der Waals surface area contributed by atoms with Crippen LogP contribution in [0.25, 0.3) is 6.08 Å². The van der Waals surface area contributed by atoms with E-state index in [0.29, 0.717) is 17.9 Å². The minimum absolute atomic E-state index is 0.115. The van der Waals surface area contributed by atoms with Gasteiger partial charge in [-0.05, 0) is 68.0 Å². The van der Waals surface area contributed by atoms with Crippen molar-refractivity contribution in [1.82, 2.24) is 0 Å². The monoisotopic (exact) mass is 415 g/mol. The number of carbonyl (C=O) groups excluding carboxylic acids is 2. The van der Waals surface area contributed by atoms with Crippen LogP contribution >= 0.6 is 0 Å². The third-order valence-corrected chi connectivity index (χ3v) is 4.56. The maximum atomic E-state index is 12.5. The lowest BCUT2D eigenvalue weighted by Crippen LogP contribution is -2.20. The second-order valence-corrected chi connectivity index (χ2v) is 6.84. The molecule has 0 radical (unpaired) electrons. The first kappa shape index (κ1) is 21.8. The summed E-state index contributed by atoms with van der Waals surface area (Å²) in [5.41, 5.74) is 3.12. The summed E-state index contributed by atoms with van der Waals surface area (Å²) < 4.78 is 11.1. The Kier molecular flexibility index (Phi) is 7.60. The molecular formula is C26H25NO4. The number of ether oxygens (including phenoxy) is 2. The molecule has 0 aliphatic rings. The van der Waals surface area contributed by atoms with Gasteiger partial charge in [0.05, 0.1) is 6.61 Å². The molecule has 5 heteroatoms. The van der Waals surface area contributed by atoms with Gasteiger partial charge in [-0.2, -0.15) is 0 Å². The first-order valence-electron chi connectivity index (χ1n) is 10.1. The van der Waals surface area contributed by atoms with Gasteiger partial charge >= 0.3 is 0 Å². The molecule has 0 heterocycles. The van der Waals surface area contributed by atoms with E-state index in [2.05, 4.69) is 5.32 Å². The fourth-order valence-electron chi connectivity index (χ4n) is 2.93. The Labute approximate surface area is 182 Å². The van der Waals surface area contributed by atoms with Gasteiger partial charge in [0.2, 0.25) is 0 Å². The van der Waals surface area contributed by atoms with Gasteiger partial charge in [0.1, 0.15) is 11.5 Å². The van der Waals surface area contributed by atoms with E-state index in [1.165, 1.54) is 6.08 Å². The van der Waals surface area contributed by atoms with Gasteiger partial charge in [-0.3, -0.25) is 9.59 Å². The Morgan fingerprint density at radius 2 is 1.61 bits per heavy atom. The maximum Gasteiger partial charge on any atom is 0.262 e. The fourth-order valence-corrected chi connectivity index (χ4v) is 2.93. The van der Waals surface area contributed by atoms with E-state index >= 15 is 0 Å². The molecule has 3 rings (SSSR count). The zero-order chi connectivity index (χ0) is 22.1. The number of amides is 1. The summed E-state index contributed by atoms with van der Waals surface area (Å²) >= 11 is 0. The highest BCUT2D eigenvalue weighted by atomic mass is 16.5. The average Bonchev–Trinajstić information content (AvgIpc) is 2.79. The van der Waals surface area contributed by atoms with Gasteiger partial charge < -0.3 is 14.8 Å². The third-order valence-electron chi connectivity index (χ3n) is 4.56. The molecule has 3 aromatic rings. The van der Waals surface area contributed by atoms with Crippen LogP contribution in [0.1, 0.15) is 28.4 Å². The molecule has 0 unspecified atom stereocenters. The van der Waals surface area contributed by atoms with E-state index in [0.717, 1.165) is 22.6 Å². The van der Waals surface area contributed by atoms with E-state index in [-0.39, 0.29) is 18.3 Å². The normalized spacial score (nSPS) is 10.6. The predicted octanol–water partition coefficient (Wildman–Crippen LogP) is 5.31. The SMILES string of the molecule is CCOc1ccccc1/C=C/C(=O)c1ccc(OCC(=O)Nc2ccccc2C)cc1. The second-order valence-electron chi connectivity index (χ2n) is 6.84. The number of anilines is 1. The van der Waals surface area contributed by atoms with Crippen molar-refractivity contribution in [1.29, 1.82) is 0 Å². The molecule has 0 bridgehead atoms.